The van der Waals surface area contributed by atoms with Crippen molar-refractivity contribution in [2.24, 2.45) is 5.92 Å². The lowest BCUT2D eigenvalue weighted by Gasteiger charge is -2.12. The molecule has 0 aliphatic rings. The molecule has 2 rings (SSSR count). The minimum atomic E-state index is -0.193. The van der Waals surface area contributed by atoms with Gasteiger partial charge in [-0.1, -0.05) is 19.1 Å². The third-order valence-electron chi connectivity index (χ3n) is 3.36. The van der Waals surface area contributed by atoms with E-state index in [2.05, 4.69) is 10.6 Å². The van der Waals surface area contributed by atoms with Gasteiger partial charge in [-0.2, -0.15) is 0 Å². The van der Waals surface area contributed by atoms with Gasteiger partial charge in [0.2, 0.25) is 0 Å². The van der Waals surface area contributed by atoms with Crippen molar-refractivity contribution >= 4 is 28.8 Å². The van der Waals surface area contributed by atoms with Crippen LogP contribution in [0.25, 0.3) is 0 Å². The zero-order valence-electron chi connectivity index (χ0n) is 12.9. The molecule has 3 N–H and O–H groups in total. The van der Waals surface area contributed by atoms with E-state index in [0.29, 0.717) is 29.1 Å². The van der Waals surface area contributed by atoms with Crippen molar-refractivity contribution in [3.8, 4) is 0 Å². The predicted molar refractivity (Wildman–Crippen MR) is 91.9 cm³/mol. The van der Waals surface area contributed by atoms with Crippen molar-refractivity contribution in [2.75, 3.05) is 18.5 Å². The number of carbonyl (C=O) groups is 2. The van der Waals surface area contributed by atoms with E-state index in [1.54, 1.807) is 30.3 Å². The zero-order chi connectivity index (χ0) is 16.7. The molecule has 1 unspecified atom stereocenters. The first-order valence-electron chi connectivity index (χ1n) is 7.44. The SMILES string of the molecule is CC(CCO)CNC(=O)c1cccc(NC(=O)c2cccs2)c1. The van der Waals surface area contributed by atoms with Crippen LogP contribution in [0, 0.1) is 5.92 Å². The first-order valence-corrected chi connectivity index (χ1v) is 8.32. The lowest BCUT2D eigenvalue weighted by molar-refractivity contribution is 0.0944. The van der Waals surface area contributed by atoms with Crippen LogP contribution in [0.5, 0.6) is 0 Å². The Morgan fingerprint density at radius 2 is 2.04 bits per heavy atom. The molecule has 6 heteroatoms. The number of amides is 2. The minimum Gasteiger partial charge on any atom is -0.396 e. The topological polar surface area (TPSA) is 78.4 Å². The molecular formula is C17H20N2O3S. The second kappa shape index (κ2) is 8.45. The number of anilines is 1. The van der Waals surface area contributed by atoms with Crippen LogP contribution in [-0.2, 0) is 0 Å². The number of hydrogen-bond donors (Lipinski definition) is 3. The Labute approximate surface area is 139 Å². The second-order valence-electron chi connectivity index (χ2n) is 5.34. The maximum atomic E-state index is 12.1. The van der Waals surface area contributed by atoms with Gasteiger partial charge in [0.25, 0.3) is 11.8 Å². The smallest absolute Gasteiger partial charge is 0.265 e. The normalized spacial score (nSPS) is 11.7. The van der Waals surface area contributed by atoms with E-state index >= 15 is 0 Å². The number of rotatable bonds is 7. The molecule has 0 radical (unpaired) electrons. The van der Waals surface area contributed by atoms with Crippen molar-refractivity contribution in [2.45, 2.75) is 13.3 Å². The van der Waals surface area contributed by atoms with Crippen LogP contribution in [0.2, 0.25) is 0 Å². The molecule has 0 saturated heterocycles. The predicted octanol–water partition coefficient (Wildman–Crippen LogP) is 2.75. The van der Waals surface area contributed by atoms with E-state index < -0.39 is 0 Å². The molecule has 0 aliphatic heterocycles. The number of aliphatic hydroxyl groups excluding tert-OH is 1. The summed E-state index contributed by atoms with van der Waals surface area (Å²) in [6.45, 7) is 2.58. The van der Waals surface area contributed by atoms with Crippen LogP contribution < -0.4 is 10.6 Å². The number of aliphatic hydroxyl groups is 1. The molecule has 1 atom stereocenters. The summed E-state index contributed by atoms with van der Waals surface area (Å²) in [7, 11) is 0. The average molecular weight is 332 g/mol. The second-order valence-corrected chi connectivity index (χ2v) is 6.29. The quantitative estimate of drug-likeness (QED) is 0.729. The summed E-state index contributed by atoms with van der Waals surface area (Å²) >= 11 is 1.36. The molecule has 0 spiro atoms. The molecule has 0 aliphatic carbocycles. The van der Waals surface area contributed by atoms with Crippen LogP contribution in [-0.4, -0.2) is 30.1 Å². The van der Waals surface area contributed by atoms with Crippen molar-refractivity contribution in [3.05, 3.63) is 52.2 Å². The maximum Gasteiger partial charge on any atom is 0.265 e. The Morgan fingerprint density at radius 1 is 1.22 bits per heavy atom. The van der Waals surface area contributed by atoms with E-state index in [0.717, 1.165) is 0 Å². The zero-order valence-corrected chi connectivity index (χ0v) is 13.7. The molecule has 0 bridgehead atoms. The minimum absolute atomic E-state index is 0.112. The summed E-state index contributed by atoms with van der Waals surface area (Å²) in [5.74, 6) is -0.165. The van der Waals surface area contributed by atoms with E-state index in [-0.39, 0.29) is 24.3 Å². The Bertz CT molecular complexity index is 656. The average Bonchev–Trinajstić information content (AvgIpc) is 3.08. The molecule has 122 valence electrons. The molecule has 0 saturated carbocycles. The Hall–Kier alpha value is -2.18. The van der Waals surface area contributed by atoms with Gasteiger partial charge in [0, 0.05) is 24.4 Å². The van der Waals surface area contributed by atoms with Crippen LogP contribution in [0.3, 0.4) is 0 Å². The molecule has 1 heterocycles. The van der Waals surface area contributed by atoms with Gasteiger partial charge in [0.1, 0.15) is 0 Å². The van der Waals surface area contributed by atoms with Crippen LogP contribution in [0.1, 0.15) is 33.4 Å². The van der Waals surface area contributed by atoms with Gasteiger partial charge in [-0.25, -0.2) is 0 Å². The molecule has 1 aromatic carbocycles. The van der Waals surface area contributed by atoms with Gasteiger partial charge >= 0.3 is 0 Å². The van der Waals surface area contributed by atoms with Crippen molar-refractivity contribution < 1.29 is 14.7 Å². The molecule has 1 aromatic heterocycles. The number of carbonyl (C=O) groups excluding carboxylic acids is 2. The van der Waals surface area contributed by atoms with Crippen molar-refractivity contribution in [1.82, 2.24) is 5.32 Å². The Kier molecular flexibility index (Phi) is 6.31. The Balaban J connectivity index is 1.96. The lowest BCUT2D eigenvalue weighted by Crippen LogP contribution is -2.28. The highest BCUT2D eigenvalue weighted by molar-refractivity contribution is 7.12. The summed E-state index contributed by atoms with van der Waals surface area (Å²) in [4.78, 5) is 24.8. The molecule has 5 nitrogen and oxygen atoms in total. The van der Waals surface area contributed by atoms with Gasteiger partial charge < -0.3 is 15.7 Å². The highest BCUT2D eigenvalue weighted by Gasteiger charge is 2.10. The third-order valence-corrected chi connectivity index (χ3v) is 4.23. The van der Waals surface area contributed by atoms with Crippen molar-refractivity contribution in [1.29, 1.82) is 0 Å². The summed E-state index contributed by atoms with van der Waals surface area (Å²) in [5, 5.41) is 16.3. The standard InChI is InChI=1S/C17H20N2O3S/c1-12(7-8-20)11-18-16(21)13-4-2-5-14(10-13)19-17(22)15-6-3-9-23-15/h2-6,9-10,12,20H,7-8,11H2,1H3,(H,18,21)(H,19,22). The monoisotopic (exact) mass is 332 g/mol. The van der Waals surface area contributed by atoms with Gasteiger partial charge in [-0.05, 0) is 42.0 Å². The highest BCUT2D eigenvalue weighted by Crippen LogP contribution is 2.15. The number of benzene rings is 1. The lowest BCUT2D eigenvalue weighted by atomic mass is 10.1. The van der Waals surface area contributed by atoms with Gasteiger partial charge in [0.15, 0.2) is 0 Å². The van der Waals surface area contributed by atoms with Gasteiger partial charge in [0.05, 0.1) is 4.88 Å². The highest BCUT2D eigenvalue weighted by atomic mass is 32.1. The van der Waals surface area contributed by atoms with Gasteiger partial charge in [-0.15, -0.1) is 11.3 Å². The van der Waals surface area contributed by atoms with Crippen molar-refractivity contribution in [3.63, 3.8) is 0 Å². The maximum absolute atomic E-state index is 12.1. The third kappa shape index (κ3) is 5.19. The largest absolute Gasteiger partial charge is 0.396 e. The molecule has 2 aromatic rings. The van der Waals surface area contributed by atoms with E-state index in [9.17, 15) is 9.59 Å². The van der Waals surface area contributed by atoms with E-state index in [1.807, 2.05) is 18.4 Å². The summed E-state index contributed by atoms with van der Waals surface area (Å²) < 4.78 is 0. The molecule has 2 amide bonds. The summed E-state index contributed by atoms with van der Waals surface area (Å²) in [5.41, 5.74) is 1.07. The van der Waals surface area contributed by atoms with E-state index in [1.165, 1.54) is 11.3 Å². The molecule has 23 heavy (non-hydrogen) atoms. The van der Waals surface area contributed by atoms with E-state index in [4.69, 9.17) is 5.11 Å². The van der Waals surface area contributed by atoms with Crippen LogP contribution in [0.4, 0.5) is 5.69 Å². The first-order chi connectivity index (χ1) is 11.1. The number of thiophene rings is 1. The van der Waals surface area contributed by atoms with Gasteiger partial charge in [-0.3, -0.25) is 9.59 Å². The summed E-state index contributed by atoms with van der Waals surface area (Å²) in [6.07, 6.45) is 0.650. The van der Waals surface area contributed by atoms with Crippen LogP contribution in [0.15, 0.2) is 41.8 Å². The number of nitrogens with one attached hydrogen (secondary N) is 2. The van der Waals surface area contributed by atoms with Crippen LogP contribution >= 0.6 is 11.3 Å². The fraction of sp³-hybridized carbons (Fsp3) is 0.294. The first kappa shape index (κ1) is 17.2. The fourth-order valence-electron chi connectivity index (χ4n) is 2.03. The number of hydrogen-bond acceptors (Lipinski definition) is 4. The fourth-order valence-corrected chi connectivity index (χ4v) is 2.65. The summed E-state index contributed by atoms with van der Waals surface area (Å²) in [6, 6.07) is 10.4. The Morgan fingerprint density at radius 3 is 2.74 bits per heavy atom. The molecular weight excluding hydrogens is 312 g/mol. The molecule has 0 fully saturated rings.